The van der Waals surface area contributed by atoms with Crippen molar-refractivity contribution >= 4 is 26.6 Å². The highest BCUT2D eigenvalue weighted by Crippen LogP contribution is 2.40. The molecule has 0 radical (unpaired) electrons. The summed E-state index contributed by atoms with van der Waals surface area (Å²) in [6, 6.07) is 19.1. The highest BCUT2D eigenvalue weighted by molar-refractivity contribution is 7.92. The first-order chi connectivity index (χ1) is 16.4. The third-order valence-corrected chi connectivity index (χ3v) is 6.16. The molecule has 9 nitrogen and oxygen atoms in total. The van der Waals surface area contributed by atoms with Gasteiger partial charge < -0.3 is 19.3 Å². The molecule has 0 saturated heterocycles. The number of hydrogen-bond donors (Lipinski definition) is 2. The molecule has 3 aromatic carbocycles. The summed E-state index contributed by atoms with van der Waals surface area (Å²) in [5.41, 5.74) is 0. The van der Waals surface area contributed by atoms with E-state index in [2.05, 4.69) is 14.7 Å². The number of benzene rings is 3. The first kappa shape index (κ1) is 23.3. The summed E-state index contributed by atoms with van der Waals surface area (Å²) >= 11 is 0. The van der Waals surface area contributed by atoms with Gasteiger partial charge in [0.25, 0.3) is 15.9 Å². The number of methoxy groups -OCH3 is 1. The molecule has 0 saturated carbocycles. The number of sulfonamides is 1. The molecule has 176 valence electrons. The number of aliphatic hydroxyl groups excluding tert-OH is 1. The van der Waals surface area contributed by atoms with Crippen molar-refractivity contribution in [1.82, 2.24) is 9.97 Å². The van der Waals surface area contributed by atoms with Gasteiger partial charge in [-0.05, 0) is 42.0 Å². The largest absolute Gasteiger partial charge is 0.493 e. The van der Waals surface area contributed by atoms with Crippen LogP contribution in [0.3, 0.4) is 0 Å². The van der Waals surface area contributed by atoms with Crippen LogP contribution in [0, 0.1) is 6.92 Å². The number of aryl methyl sites for hydroxylation is 1. The monoisotopic (exact) mass is 481 g/mol. The van der Waals surface area contributed by atoms with Crippen LogP contribution in [0.2, 0.25) is 0 Å². The first-order valence-electron chi connectivity index (χ1n) is 10.4. The number of fused-ring (bicyclic) bond motifs is 1. The van der Waals surface area contributed by atoms with Crippen LogP contribution < -0.4 is 18.9 Å². The van der Waals surface area contributed by atoms with E-state index in [-0.39, 0.29) is 41.4 Å². The van der Waals surface area contributed by atoms with Gasteiger partial charge in [-0.3, -0.25) is 4.72 Å². The van der Waals surface area contributed by atoms with Gasteiger partial charge in [0, 0.05) is 0 Å². The molecule has 1 aromatic heterocycles. The molecule has 4 rings (SSSR count). The van der Waals surface area contributed by atoms with Crippen LogP contribution in [-0.2, 0) is 10.0 Å². The zero-order chi connectivity index (χ0) is 24.1. The maximum Gasteiger partial charge on any atom is 0.263 e. The van der Waals surface area contributed by atoms with E-state index in [1.807, 2.05) is 24.3 Å². The zero-order valence-corrected chi connectivity index (χ0v) is 19.4. The summed E-state index contributed by atoms with van der Waals surface area (Å²) < 4.78 is 45.9. The number of aromatic nitrogens is 2. The molecule has 34 heavy (non-hydrogen) atoms. The minimum Gasteiger partial charge on any atom is -0.493 e. The average molecular weight is 482 g/mol. The second-order valence-corrected chi connectivity index (χ2v) is 8.88. The van der Waals surface area contributed by atoms with Gasteiger partial charge in [0.05, 0.1) is 18.6 Å². The average Bonchev–Trinajstić information content (AvgIpc) is 2.84. The lowest BCUT2D eigenvalue weighted by molar-refractivity contribution is 0.192. The third kappa shape index (κ3) is 5.03. The lowest BCUT2D eigenvalue weighted by Gasteiger charge is -2.17. The number of ether oxygens (including phenoxy) is 3. The van der Waals surface area contributed by atoms with Gasteiger partial charge in [0.15, 0.2) is 17.3 Å². The van der Waals surface area contributed by atoms with Crippen LogP contribution in [0.1, 0.15) is 5.82 Å². The number of hydrogen-bond acceptors (Lipinski definition) is 8. The molecule has 10 heteroatoms. The van der Waals surface area contributed by atoms with E-state index in [0.717, 1.165) is 10.8 Å². The van der Waals surface area contributed by atoms with Crippen LogP contribution in [0.4, 0.5) is 5.82 Å². The van der Waals surface area contributed by atoms with Crippen LogP contribution in [-0.4, -0.2) is 43.8 Å². The third-order valence-electron chi connectivity index (χ3n) is 4.82. The molecule has 0 aliphatic carbocycles. The molecule has 0 amide bonds. The highest BCUT2D eigenvalue weighted by Gasteiger charge is 2.24. The SMILES string of the molecule is COc1ccccc1Oc1c(NS(=O)(=O)c2ccc3ccccc3c2)nc(C)nc1OCCO. The lowest BCUT2D eigenvalue weighted by Crippen LogP contribution is -2.16. The second kappa shape index (κ2) is 9.94. The van der Waals surface area contributed by atoms with Gasteiger partial charge in [-0.1, -0.05) is 42.5 Å². The summed E-state index contributed by atoms with van der Waals surface area (Å²) in [5.74, 6) is 0.768. The molecule has 0 fully saturated rings. The Morgan fingerprint density at radius 1 is 0.941 bits per heavy atom. The fourth-order valence-corrected chi connectivity index (χ4v) is 4.31. The maximum absolute atomic E-state index is 13.3. The van der Waals surface area contributed by atoms with Gasteiger partial charge in [0.2, 0.25) is 5.75 Å². The van der Waals surface area contributed by atoms with E-state index in [0.29, 0.717) is 11.5 Å². The van der Waals surface area contributed by atoms with Gasteiger partial charge in [-0.25, -0.2) is 13.4 Å². The van der Waals surface area contributed by atoms with Crippen LogP contribution in [0.5, 0.6) is 23.1 Å². The van der Waals surface area contributed by atoms with Crippen molar-refractivity contribution < 1.29 is 27.7 Å². The van der Waals surface area contributed by atoms with E-state index < -0.39 is 10.0 Å². The Kier molecular flexibility index (Phi) is 6.80. The molecular weight excluding hydrogens is 458 g/mol. The number of nitrogens with one attached hydrogen (secondary N) is 1. The molecule has 1 heterocycles. The molecule has 4 aromatic rings. The van der Waals surface area contributed by atoms with Gasteiger partial charge in [0.1, 0.15) is 12.4 Å². The van der Waals surface area contributed by atoms with Gasteiger partial charge >= 0.3 is 0 Å². The lowest BCUT2D eigenvalue weighted by atomic mass is 10.1. The fraction of sp³-hybridized carbons (Fsp3) is 0.167. The Bertz CT molecular complexity index is 1430. The summed E-state index contributed by atoms with van der Waals surface area (Å²) in [6.45, 7) is 1.25. The molecule has 0 spiro atoms. The number of rotatable bonds is 9. The van der Waals surface area contributed by atoms with E-state index in [1.165, 1.54) is 13.2 Å². The fourth-order valence-electron chi connectivity index (χ4n) is 3.27. The van der Waals surface area contributed by atoms with Crippen molar-refractivity contribution in [2.45, 2.75) is 11.8 Å². The topological polar surface area (TPSA) is 120 Å². The van der Waals surface area contributed by atoms with Crippen molar-refractivity contribution in [3.63, 3.8) is 0 Å². The summed E-state index contributed by atoms with van der Waals surface area (Å²) in [7, 11) is -2.56. The number of nitrogens with zero attached hydrogens (tertiary/aromatic N) is 2. The summed E-state index contributed by atoms with van der Waals surface area (Å²) in [6.07, 6.45) is 0. The van der Waals surface area contributed by atoms with Crippen molar-refractivity contribution in [2.75, 3.05) is 25.0 Å². The quantitative estimate of drug-likeness (QED) is 0.369. The molecule has 0 aliphatic heterocycles. The minimum absolute atomic E-state index is 0.0244. The van der Waals surface area contributed by atoms with E-state index >= 15 is 0 Å². The van der Waals surface area contributed by atoms with Crippen LogP contribution >= 0.6 is 0 Å². The van der Waals surface area contributed by atoms with Gasteiger partial charge in [-0.2, -0.15) is 4.98 Å². The van der Waals surface area contributed by atoms with Crippen molar-refractivity contribution in [2.24, 2.45) is 0 Å². The first-order valence-corrected chi connectivity index (χ1v) is 11.8. The van der Waals surface area contributed by atoms with Crippen molar-refractivity contribution in [1.29, 1.82) is 0 Å². The predicted octanol–water partition coefficient (Wildman–Crippen LogP) is 3.91. The molecule has 0 bridgehead atoms. The van der Waals surface area contributed by atoms with Gasteiger partial charge in [-0.15, -0.1) is 0 Å². The maximum atomic E-state index is 13.3. The Hall–Kier alpha value is -3.89. The standard InChI is InChI=1S/C24H23N3O6S/c1-16-25-23(27-34(29,30)19-12-11-17-7-3-4-8-18(17)15-19)22(24(26-16)32-14-13-28)33-21-10-6-5-9-20(21)31-2/h3-12,15,28H,13-14H2,1-2H3,(H,25,26,27). The zero-order valence-electron chi connectivity index (χ0n) is 18.6. The molecule has 0 aliphatic rings. The highest BCUT2D eigenvalue weighted by atomic mass is 32.2. The Morgan fingerprint density at radius 3 is 2.38 bits per heavy atom. The molecular formula is C24H23N3O6S. The minimum atomic E-state index is -4.05. The Balaban J connectivity index is 1.78. The molecule has 2 N–H and O–H groups in total. The van der Waals surface area contributed by atoms with Crippen molar-refractivity contribution in [3.05, 3.63) is 72.6 Å². The normalized spacial score (nSPS) is 11.3. The molecule has 0 atom stereocenters. The summed E-state index contributed by atoms with van der Waals surface area (Å²) in [4.78, 5) is 8.54. The van der Waals surface area contributed by atoms with Crippen LogP contribution in [0.15, 0.2) is 71.6 Å². The van der Waals surface area contributed by atoms with E-state index in [1.54, 1.807) is 43.3 Å². The number of anilines is 1. The Morgan fingerprint density at radius 2 is 1.65 bits per heavy atom. The van der Waals surface area contributed by atoms with E-state index in [9.17, 15) is 13.5 Å². The smallest absolute Gasteiger partial charge is 0.263 e. The van der Waals surface area contributed by atoms with E-state index in [4.69, 9.17) is 14.2 Å². The second-order valence-electron chi connectivity index (χ2n) is 7.19. The number of aliphatic hydroxyl groups is 1. The predicted molar refractivity (Wildman–Crippen MR) is 127 cm³/mol. The molecule has 0 unspecified atom stereocenters. The Labute approximate surface area is 197 Å². The van der Waals surface area contributed by atoms with Crippen LogP contribution in [0.25, 0.3) is 10.8 Å². The number of para-hydroxylation sites is 2. The summed E-state index contributed by atoms with van der Waals surface area (Å²) in [5, 5.41) is 10.9. The van der Waals surface area contributed by atoms with Crippen molar-refractivity contribution in [3.8, 4) is 23.1 Å².